The maximum Gasteiger partial charge on any atom is 0.291 e. The van der Waals surface area contributed by atoms with Gasteiger partial charge in [-0.1, -0.05) is 28.1 Å². The number of halogens is 1. The second-order valence-corrected chi connectivity index (χ2v) is 5.91. The molecule has 0 aliphatic rings. The van der Waals surface area contributed by atoms with E-state index in [9.17, 15) is 4.79 Å². The first-order valence-electron chi connectivity index (χ1n) is 6.61. The highest BCUT2D eigenvalue weighted by molar-refractivity contribution is 9.10. The van der Waals surface area contributed by atoms with Crippen LogP contribution in [0.5, 0.6) is 0 Å². The van der Waals surface area contributed by atoms with Gasteiger partial charge in [0.25, 0.3) is 5.91 Å². The molecule has 3 aromatic rings. The molecule has 0 spiro atoms. The van der Waals surface area contributed by atoms with E-state index in [0.29, 0.717) is 11.3 Å². The zero-order valence-corrected chi connectivity index (χ0v) is 13.3. The van der Waals surface area contributed by atoms with E-state index < -0.39 is 0 Å². The van der Waals surface area contributed by atoms with Crippen LogP contribution in [0.2, 0.25) is 0 Å². The molecule has 4 heteroatoms. The lowest BCUT2D eigenvalue weighted by Gasteiger charge is -2.08. The van der Waals surface area contributed by atoms with E-state index in [-0.39, 0.29) is 5.91 Å². The van der Waals surface area contributed by atoms with Gasteiger partial charge in [0, 0.05) is 15.5 Å². The van der Waals surface area contributed by atoms with Gasteiger partial charge < -0.3 is 9.73 Å². The van der Waals surface area contributed by atoms with E-state index in [4.69, 9.17) is 4.42 Å². The lowest BCUT2D eigenvalue weighted by atomic mass is 10.1. The topological polar surface area (TPSA) is 42.2 Å². The molecular formula is C17H14BrNO2. The molecule has 21 heavy (non-hydrogen) atoms. The summed E-state index contributed by atoms with van der Waals surface area (Å²) in [7, 11) is 0. The molecule has 2 aromatic carbocycles. The summed E-state index contributed by atoms with van der Waals surface area (Å²) in [4.78, 5) is 12.3. The second kappa shape index (κ2) is 5.37. The molecule has 0 bridgehead atoms. The van der Waals surface area contributed by atoms with Crippen molar-refractivity contribution in [3.63, 3.8) is 0 Å². The van der Waals surface area contributed by atoms with Crippen molar-refractivity contribution in [3.8, 4) is 0 Å². The van der Waals surface area contributed by atoms with Crippen LogP contribution in [0, 0.1) is 13.8 Å². The predicted octanol–water partition coefficient (Wildman–Crippen LogP) is 5.06. The third-order valence-electron chi connectivity index (χ3n) is 3.56. The fraction of sp³-hybridized carbons (Fsp3) is 0.118. The van der Waals surface area contributed by atoms with Crippen molar-refractivity contribution in [2.75, 3.05) is 5.32 Å². The molecule has 3 nitrogen and oxygen atoms in total. The van der Waals surface area contributed by atoms with Crippen molar-refractivity contribution in [2.45, 2.75) is 13.8 Å². The number of benzene rings is 2. The molecule has 1 heterocycles. The van der Waals surface area contributed by atoms with Crippen LogP contribution in [0.3, 0.4) is 0 Å². The summed E-state index contributed by atoms with van der Waals surface area (Å²) in [6.45, 7) is 4.00. The maximum absolute atomic E-state index is 12.3. The molecule has 1 amide bonds. The monoisotopic (exact) mass is 343 g/mol. The molecule has 0 aliphatic carbocycles. The van der Waals surface area contributed by atoms with Crippen LogP contribution < -0.4 is 5.32 Å². The van der Waals surface area contributed by atoms with Gasteiger partial charge in [0.05, 0.1) is 0 Å². The summed E-state index contributed by atoms with van der Waals surface area (Å²) in [5, 5.41) is 3.81. The summed E-state index contributed by atoms with van der Waals surface area (Å²) < 4.78 is 6.53. The molecule has 0 saturated carbocycles. The van der Waals surface area contributed by atoms with Crippen molar-refractivity contribution in [1.82, 2.24) is 0 Å². The Hall–Kier alpha value is -2.07. The predicted molar refractivity (Wildman–Crippen MR) is 87.8 cm³/mol. The van der Waals surface area contributed by atoms with Gasteiger partial charge in [-0.2, -0.15) is 0 Å². The Balaban J connectivity index is 1.91. The third kappa shape index (κ3) is 2.72. The number of carbonyl (C=O) groups excluding carboxylic acids is 1. The molecular weight excluding hydrogens is 330 g/mol. The summed E-state index contributed by atoms with van der Waals surface area (Å²) >= 11 is 3.39. The van der Waals surface area contributed by atoms with Gasteiger partial charge in [-0.05, 0) is 55.3 Å². The Morgan fingerprint density at radius 3 is 2.76 bits per heavy atom. The van der Waals surface area contributed by atoms with Crippen LogP contribution in [0.25, 0.3) is 11.0 Å². The zero-order valence-electron chi connectivity index (χ0n) is 11.7. The number of carbonyl (C=O) groups is 1. The standard InChI is InChI=1S/C17H14BrNO2/c1-10-4-3-5-14(11(10)2)19-17(20)16-8-12-6-7-13(18)9-15(12)21-16/h3-9H,1-2H3,(H,19,20). The van der Waals surface area contributed by atoms with E-state index in [0.717, 1.165) is 26.7 Å². The molecule has 0 atom stereocenters. The van der Waals surface area contributed by atoms with Gasteiger partial charge in [0.1, 0.15) is 5.58 Å². The van der Waals surface area contributed by atoms with Crippen LogP contribution in [0.4, 0.5) is 5.69 Å². The van der Waals surface area contributed by atoms with Gasteiger partial charge in [-0.15, -0.1) is 0 Å². The number of fused-ring (bicyclic) bond motifs is 1. The minimum Gasteiger partial charge on any atom is -0.451 e. The second-order valence-electron chi connectivity index (χ2n) is 4.99. The van der Waals surface area contributed by atoms with Crippen molar-refractivity contribution in [1.29, 1.82) is 0 Å². The number of furan rings is 1. The maximum atomic E-state index is 12.3. The minimum absolute atomic E-state index is 0.240. The lowest BCUT2D eigenvalue weighted by Crippen LogP contribution is -2.12. The normalized spacial score (nSPS) is 10.8. The van der Waals surface area contributed by atoms with E-state index in [1.165, 1.54) is 0 Å². The van der Waals surface area contributed by atoms with Gasteiger partial charge in [0.2, 0.25) is 0 Å². The van der Waals surface area contributed by atoms with Crippen LogP contribution >= 0.6 is 15.9 Å². The van der Waals surface area contributed by atoms with Gasteiger partial charge in [-0.3, -0.25) is 4.79 Å². The summed E-state index contributed by atoms with van der Waals surface area (Å²) in [6, 6.07) is 13.3. The Morgan fingerprint density at radius 1 is 1.14 bits per heavy atom. The SMILES string of the molecule is Cc1cccc(NC(=O)c2cc3ccc(Br)cc3o2)c1C. The highest BCUT2D eigenvalue weighted by atomic mass is 79.9. The van der Waals surface area contributed by atoms with Crippen molar-refractivity contribution in [2.24, 2.45) is 0 Å². The summed E-state index contributed by atoms with van der Waals surface area (Å²) in [5.74, 6) is 0.0695. The molecule has 106 valence electrons. The molecule has 0 fully saturated rings. The number of aryl methyl sites for hydroxylation is 1. The largest absolute Gasteiger partial charge is 0.451 e. The number of nitrogens with one attached hydrogen (secondary N) is 1. The summed E-state index contributed by atoms with van der Waals surface area (Å²) in [6.07, 6.45) is 0. The van der Waals surface area contributed by atoms with Gasteiger partial charge in [0.15, 0.2) is 5.76 Å². The number of amides is 1. The Bertz CT molecular complexity index is 836. The molecule has 3 rings (SSSR count). The number of hydrogen-bond acceptors (Lipinski definition) is 2. The fourth-order valence-electron chi connectivity index (χ4n) is 2.19. The molecule has 1 N–H and O–H groups in total. The lowest BCUT2D eigenvalue weighted by molar-refractivity contribution is 0.0998. The number of anilines is 1. The third-order valence-corrected chi connectivity index (χ3v) is 4.05. The fourth-order valence-corrected chi connectivity index (χ4v) is 2.53. The highest BCUT2D eigenvalue weighted by Gasteiger charge is 2.14. The average molecular weight is 344 g/mol. The molecule has 0 unspecified atom stereocenters. The molecule has 0 saturated heterocycles. The molecule has 0 aliphatic heterocycles. The van der Waals surface area contributed by atoms with E-state index >= 15 is 0 Å². The van der Waals surface area contributed by atoms with Gasteiger partial charge in [-0.25, -0.2) is 0 Å². The Labute approximate surface area is 131 Å². The first-order valence-corrected chi connectivity index (χ1v) is 7.40. The minimum atomic E-state index is -0.240. The van der Waals surface area contributed by atoms with Crippen LogP contribution in [-0.4, -0.2) is 5.91 Å². The van der Waals surface area contributed by atoms with E-state index in [1.54, 1.807) is 6.07 Å². The van der Waals surface area contributed by atoms with Crippen molar-refractivity contribution >= 4 is 38.5 Å². The first-order chi connectivity index (χ1) is 10.0. The number of rotatable bonds is 2. The zero-order chi connectivity index (χ0) is 15.0. The van der Waals surface area contributed by atoms with Crippen LogP contribution in [0.1, 0.15) is 21.7 Å². The number of hydrogen-bond donors (Lipinski definition) is 1. The Kier molecular flexibility index (Phi) is 3.55. The van der Waals surface area contributed by atoms with Crippen LogP contribution in [0.15, 0.2) is 51.4 Å². The molecule has 1 aromatic heterocycles. The van der Waals surface area contributed by atoms with E-state index in [2.05, 4.69) is 21.2 Å². The highest BCUT2D eigenvalue weighted by Crippen LogP contribution is 2.25. The Morgan fingerprint density at radius 2 is 1.95 bits per heavy atom. The van der Waals surface area contributed by atoms with Crippen molar-refractivity contribution < 1.29 is 9.21 Å². The van der Waals surface area contributed by atoms with Crippen molar-refractivity contribution in [3.05, 3.63) is 63.8 Å². The van der Waals surface area contributed by atoms with Gasteiger partial charge >= 0.3 is 0 Å². The smallest absolute Gasteiger partial charge is 0.291 e. The average Bonchev–Trinajstić information content (AvgIpc) is 2.87. The summed E-state index contributed by atoms with van der Waals surface area (Å²) in [5.41, 5.74) is 3.70. The quantitative estimate of drug-likeness (QED) is 0.706. The molecule has 0 radical (unpaired) electrons. The van der Waals surface area contributed by atoms with E-state index in [1.807, 2.05) is 50.2 Å². The first kappa shape index (κ1) is 13.9. The van der Waals surface area contributed by atoms with Crippen LogP contribution in [-0.2, 0) is 0 Å².